The molecule has 1 aromatic rings. The first-order valence-corrected chi connectivity index (χ1v) is 10.6. The Bertz CT molecular complexity index is 490. The quantitative estimate of drug-likeness (QED) is 0.502. The lowest BCUT2D eigenvalue weighted by Gasteiger charge is -2.03. The van der Waals surface area contributed by atoms with E-state index in [9.17, 15) is 9.59 Å². The van der Waals surface area contributed by atoms with Crippen LogP contribution >= 0.6 is 0 Å². The number of ether oxygens (including phenoxy) is 1. The summed E-state index contributed by atoms with van der Waals surface area (Å²) in [5.74, 6) is 0.523. The molecule has 0 radical (unpaired) electrons. The van der Waals surface area contributed by atoms with Crippen LogP contribution in [0.5, 0.6) is 0 Å². The Balaban J connectivity index is -0.000000406. The van der Waals surface area contributed by atoms with Crippen molar-refractivity contribution in [3.8, 4) is 0 Å². The van der Waals surface area contributed by atoms with Crippen LogP contribution in [0.4, 0.5) is 0 Å². The lowest BCUT2D eigenvalue weighted by molar-refractivity contribution is -0.123. The molecule has 0 aliphatic heterocycles. The SMILES string of the molecule is CC.CC.CC(=O)CCCCn1cc(CO)nn1.CC(C)C(=O)CCOCCO. The molecule has 0 aliphatic carbocycles. The molecule has 8 heteroatoms. The van der Waals surface area contributed by atoms with Gasteiger partial charge in [0, 0.05) is 25.3 Å². The van der Waals surface area contributed by atoms with Gasteiger partial charge in [0.1, 0.15) is 17.3 Å². The van der Waals surface area contributed by atoms with Crippen LogP contribution in [0.2, 0.25) is 0 Å². The van der Waals surface area contributed by atoms with E-state index in [1.54, 1.807) is 17.8 Å². The fraction of sp³-hybridized carbons (Fsp3) is 0.810. The van der Waals surface area contributed by atoms with E-state index >= 15 is 0 Å². The minimum atomic E-state index is -0.0759. The van der Waals surface area contributed by atoms with Crippen LogP contribution in [0, 0.1) is 5.92 Å². The molecule has 0 unspecified atom stereocenters. The van der Waals surface area contributed by atoms with Crippen molar-refractivity contribution in [3.05, 3.63) is 11.9 Å². The van der Waals surface area contributed by atoms with E-state index in [-0.39, 0.29) is 30.7 Å². The summed E-state index contributed by atoms with van der Waals surface area (Å²) in [5, 5.41) is 24.6. The Labute approximate surface area is 176 Å². The van der Waals surface area contributed by atoms with Gasteiger partial charge in [-0.15, -0.1) is 5.10 Å². The third-order valence-corrected chi connectivity index (χ3v) is 3.29. The van der Waals surface area contributed by atoms with Crippen LogP contribution < -0.4 is 0 Å². The van der Waals surface area contributed by atoms with Gasteiger partial charge >= 0.3 is 0 Å². The first-order chi connectivity index (χ1) is 13.9. The number of hydrogen-bond donors (Lipinski definition) is 2. The molecular formula is C21H43N3O5. The molecule has 0 spiro atoms. The van der Waals surface area contributed by atoms with Gasteiger partial charge in [-0.3, -0.25) is 9.48 Å². The lowest BCUT2D eigenvalue weighted by atomic mass is 10.1. The van der Waals surface area contributed by atoms with Crippen molar-refractivity contribution >= 4 is 11.6 Å². The maximum atomic E-state index is 11.0. The topological polar surface area (TPSA) is 115 Å². The molecule has 2 N–H and O–H groups in total. The van der Waals surface area contributed by atoms with Gasteiger partial charge in [-0.05, 0) is 19.8 Å². The average molecular weight is 418 g/mol. The fourth-order valence-corrected chi connectivity index (χ4v) is 1.80. The molecule has 0 aliphatic rings. The summed E-state index contributed by atoms with van der Waals surface area (Å²) in [4.78, 5) is 21.6. The molecule has 0 aromatic carbocycles. The molecule has 0 fully saturated rings. The van der Waals surface area contributed by atoms with E-state index in [2.05, 4.69) is 10.3 Å². The van der Waals surface area contributed by atoms with Crippen LogP contribution in [0.1, 0.15) is 79.8 Å². The van der Waals surface area contributed by atoms with Gasteiger partial charge in [0.05, 0.1) is 32.6 Å². The Morgan fingerprint density at radius 1 is 1.07 bits per heavy atom. The molecule has 8 nitrogen and oxygen atoms in total. The average Bonchev–Trinajstić information content (AvgIpc) is 3.20. The summed E-state index contributed by atoms with van der Waals surface area (Å²) in [7, 11) is 0. The molecule has 0 saturated carbocycles. The minimum absolute atomic E-state index is 0.0237. The van der Waals surface area contributed by atoms with Gasteiger partial charge in [-0.2, -0.15) is 0 Å². The van der Waals surface area contributed by atoms with Crippen molar-refractivity contribution in [1.29, 1.82) is 0 Å². The van der Waals surface area contributed by atoms with Crippen molar-refractivity contribution in [1.82, 2.24) is 15.0 Å². The molecule has 29 heavy (non-hydrogen) atoms. The zero-order valence-electron chi connectivity index (χ0n) is 19.5. The van der Waals surface area contributed by atoms with Crippen molar-refractivity contribution < 1.29 is 24.5 Å². The third kappa shape index (κ3) is 22.5. The molecular weight excluding hydrogens is 374 g/mol. The Morgan fingerprint density at radius 3 is 2.14 bits per heavy atom. The van der Waals surface area contributed by atoms with Crippen molar-refractivity contribution in [2.24, 2.45) is 5.92 Å². The molecule has 0 amide bonds. The second-order valence-electron chi connectivity index (χ2n) is 6.00. The zero-order valence-corrected chi connectivity index (χ0v) is 19.5. The standard InChI is InChI=1S/C9H15N3O2.C8H16O3.2C2H6/c1-8(14)4-2-3-5-12-6-9(7-13)10-11-12;1-7(2)8(10)3-5-11-6-4-9;2*1-2/h6,13H,2-5,7H2,1H3;7,9H,3-6H2,1-2H3;2*1-2H3. The highest BCUT2D eigenvalue weighted by Crippen LogP contribution is 2.00. The van der Waals surface area contributed by atoms with E-state index in [0.29, 0.717) is 31.7 Å². The predicted octanol–water partition coefficient (Wildman–Crippen LogP) is 3.19. The normalized spacial score (nSPS) is 9.45. The number of carbonyl (C=O) groups excluding carboxylic acids is 2. The first-order valence-electron chi connectivity index (χ1n) is 10.6. The monoisotopic (exact) mass is 417 g/mol. The van der Waals surface area contributed by atoms with Crippen molar-refractivity contribution in [2.45, 2.75) is 87.3 Å². The molecule has 1 rings (SSSR count). The largest absolute Gasteiger partial charge is 0.394 e. The molecule has 1 heterocycles. The first kappa shape index (κ1) is 32.0. The Hall–Kier alpha value is -1.64. The number of aliphatic hydroxyl groups is 2. The van der Waals surface area contributed by atoms with Crippen LogP contribution in [0.3, 0.4) is 0 Å². The minimum Gasteiger partial charge on any atom is -0.394 e. The van der Waals surface area contributed by atoms with Gasteiger partial charge in [-0.25, -0.2) is 0 Å². The summed E-state index contributed by atoms with van der Waals surface area (Å²) >= 11 is 0. The van der Waals surface area contributed by atoms with E-state index in [4.69, 9.17) is 14.9 Å². The van der Waals surface area contributed by atoms with E-state index in [1.807, 2.05) is 41.5 Å². The summed E-state index contributed by atoms with van der Waals surface area (Å²) in [6.45, 7) is 14.8. The summed E-state index contributed by atoms with van der Waals surface area (Å²) in [6.07, 6.45) is 4.59. The maximum Gasteiger partial charge on any atom is 0.137 e. The molecule has 1 aromatic heterocycles. The van der Waals surface area contributed by atoms with E-state index in [0.717, 1.165) is 19.4 Å². The number of ketones is 2. The number of carbonyl (C=O) groups is 2. The van der Waals surface area contributed by atoms with Crippen LogP contribution in [0.15, 0.2) is 6.20 Å². The van der Waals surface area contributed by atoms with Crippen LogP contribution in [0.25, 0.3) is 0 Å². The highest BCUT2D eigenvalue weighted by atomic mass is 16.5. The van der Waals surface area contributed by atoms with Crippen molar-refractivity contribution in [2.75, 3.05) is 19.8 Å². The molecule has 172 valence electrons. The third-order valence-electron chi connectivity index (χ3n) is 3.29. The van der Waals surface area contributed by atoms with Gasteiger partial charge < -0.3 is 19.7 Å². The van der Waals surface area contributed by atoms with E-state index in [1.165, 1.54) is 0 Å². The Morgan fingerprint density at radius 2 is 1.69 bits per heavy atom. The number of aliphatic hydroxyl groups excluding tert-OH is 2. The summed E-state index contributed by atoms with van der Waals surface area (Å²) < 4.78 is 6.62. The fourth-order valence-electron chi connectivity index (χ4n) is 1.80. The number of hydrogen-bond acceptors (Lipinski definition) is 7. The number of rotatable bonds is 12. The van der Waals surface area contributed by atoms with Gasteiger partial charge in [0.15, 0.2) is 0 Å². The highest BCUT2D eigenvalue weighted by molar-refractivity contribution is 5.80. The van der Waals surface area contributed by atoms with Crippen LogP contribution in [-0.2, 0) is 27.5 Å². The molecule has 0 saturated heterocycles. The maximum absolute atomic E-state index is 11.0. The summed E-state index contributed by atoms with van der Waals surface area (Å²) in [5.41, 5.74) is 0.580. The zero-order chi connectivity index (χ0) is 23.1. The van der Waals surface area contributed by atoms with Crippen molar-refractivity contribution in [3.63, 3.8) is 0 Å². The van der Waals surface area contributed by atoms with Gasteiger partial charge in [-0.1, -0.05) is 46.8 Å². The van der Waals surface area contributed by atoms with E-state index < -0.39 is 0 Å². The van der Waals surface area contributed by atoms with Crippen LogP contribution in [-0.4, -0.2) is 56.6 Å². The number of aromatic nitrogens is 3. The molecule has 0 bridgehead atoms. The number of unbranched alkanes of at least 4 members (excludes halogenated alkanes) is 1. The van der Waals surface area contributed by atoms with Gasteiger partial charge in [0.25, 0.3) is 0 Å². The number of Topliss-reactive ketones (excluding diaryl/α,β-unsaturated/α-hetero) is 2. The number of nitrogens with zero attached hydrogens (tertiary/aromatic N) is 3. The van der Waals surface area contributed by atoms with Gasteiger partial charge in [0.2, 0.25) is 0 Å². The second-order valence-corrected chi connectivity index (χ2v) is 6.00. The molecule has 0 atom stereocenters. The second kappa shape index (κ2) is 24.4. The lowest BCUT2D eigenvalue weighted by Crippen LogP contribution is -2.11. The summed E-state index contributed by atoms with van der Waals surface area (Å²) in [6, 6.07) is 0. The highest BCUT2D eigenvalue weighted by Gasteiger charge is 2.05. The Kier molecular flexibility index (Phi) is 27.0. The smallest absolute Gasteiger partial charge is 0.137 e. The number of aryl methyl sites for hydroxylation is 1. The predicted molar refractivity (Wildman–Crippen MR) is 116 cm³/mol.